The first-order chi connectivity index (χ1) is 9.20. The van der Waals surface area contributed by atoms with Crippen molar-refractivity contribution in [3.8, 4) is 0 Å². The van der Waals surface area contributed by atoms with Crippen LogP contribution >= 0.6 is 0 Å². The van der Waals surface area contributed by atoms with E-state index in [1.54, 1.807) is 30.6 Å². The number of rotatable bonds is 5. The third-order valence-corrected chi connectivity index (χ3v) is 2.86. The molecule has 2 N–H and O–H groups in total. The summed E-state index contributed by atoms with van der Waals surface area (Å²) in [5.74, 6) is -0.0154. The van der Waals surface area contributed by atoms with Crippen molar-refractivity contribution in [1.29, 1.82) is 0 Å². The largest absolute Gasteiger partial charge is 0.321 e. The van der Waals surface area contributed by atoms with Crippen molar-refractivity contribution in [3.05, 3.63) is 71.3 Å². The Morgan fingerprint density at radius 2 is 1.58 bits per heavy atom. The summed E-state index contributed by atoms with van der Waals surface area (Å²) in [7, 11) is 0. The number of nitrogens with two attached hydrogens (primary N) is 1. The molecule has 0 aliphatic rings. The zero-order chi connectivity index (χ0) is 13.7. The molecule has 0 aliphatic carbocycles. The van der Waals surface area contributed by atoms with Crippen LogP contribution in [0.2, 0.25) is 0 Å². The second kappa shape index (κ2) is 6.07. The molecule has 0 aromatic heterocycles. The molecule has 0 amide bonds. The van der Waals surface area contributed by atoms with Crippen molar-refractivity contribution >= 4 is 12.1 Å². The molecule has 0 unspecified atom stereocenters. The van der Waals surface area contributed by atoms with E-state index in [9.17, 15) is 9.59 Å². The van der Waals surface area contributed by atoms with Crippen molar-refractivity contribution in [2.24, 2.45) is 5.73 Å². The Kier molecular flexibility index (Phi) is 4.21. The predicted molar refractivity (Wildman–Crippen MR) is 73.7 cm³/mol. The fourth-order valence-electron chi connectivity index (χ4n) is 1.84. The topological polar surface area (TPSA) is 60.2 Å². The monoisotopic (exact) mass is 252 g/mol. The van der Waals surface area contributed by atoms with E-state index in [0.29, 0.717) is 17.5 Å². The zero-order valence-corrected chi connectivity index (χ0v) is 10.4. The van der Waals surface area contributed by atoms with Gasteiger partial charge >= 0.3 is 0 Å². The lowest BCUT2D eigenvalue weighted by Gasteiger charge is -2.05. The molecule has 1 atom stereocenters. The van der Waals surface area contributed by atoms with Gasteiger partial charge in [0.1, 0.15) is 0 Å². The SMILES string of the molecule is N[C@H]([C]=O)Cc1ccc(C(=O)c2ccccc2)cc1. The highest BCUT2D eigenvalue weighted by molar-refractivity contribution is 6.08. The van der Waals surface area contributed by atoms with Gasteiger partial charge < -0.3 is 5.73 Å². The summed E-state index contributed by atoms with van der Waals surface area (Å²) in [6.45, 7) is 0. The molecule has 0 aliphatic heterocycles. The van der Waals surface area contributed by atoms with Crippen LogP contribution in [-0.4, -0.2) is 18.1 Å². The summed E-state index contributed by atoms with van der Waals surface area (Å²) >= 11 is 0. The van der Waals surface area contributed by atoms with Crippen LogP contribution in [0.25, 0.3) is 0 Å². The van der Waals surface area contributed by atoms with Gasteiger partial charge in [0, 0.05) is 11.1 Å². The number of ketones is 1. The lowest BCUT2D eigenvalue weighted by molar-refractivity contribution is 0.103. The Labute approximate surface area is 112 Å². The van der Waals surface area contributed by atoms with Crippen molar-refractivity contribution in [1.82, 2.24) is 0 Å². The van der Waals surface area contributed by atoms with Gasteiger partial charge in [0.15, 0.2) is 5.78 Å². The van der Waals surface area contributed by atoms with E-state index in [0.717, 1.165) is 5.56 Å². The molecule has 19 heavy (non-hydrogen) atoms. The minimum absolute atomic E-state index is 0.0154. The highest BCUT2D eigenvalue weighted by Gasteiger charge is 2.09. The highest BCUT2D eigenvalue weighted by atomic mass is 16.1. The highest BCUT2D eigenvalue weighted by Crippen LogP contribution is 2.11. The van der Waals surface area contributed by atoms with Crippen LogP contribution in [0.4, 0.5) is 0 Å². The first-order valence-electron chi connectivity index (χ1n) is 6.02. The van der Waals surface area contributed by atoms with Crippen molar-refractivity contribution in [3.63, 3.8) is 0 Å². The fraction of sp³-hybridized carbons (Fsp3) is 0.125. The second-order valence-electron chi connectivity index (χ2n) is 4.32. The van der Waals surface area contributed by atoms with Crippen LogP contribution in [0.3, 0.4) is 0 Å². The molecule has 0 spiro atoms. The van der Waals surface area contributed by atoms with Gasteiger partial charge in [0.2, 0.25) is 6.29 Å². The van der Waals surface area contributed by atoms with Crippen LogP contribution in [0.5, 0.6) is 0 Å². The maximum absolute atomic E-state index is 12.1. The summed E-state index contributed by atoms with van der Waals surface area (Å²) in [5, 5.41) is 0. The minimum atomic E-state index is -0.615. The Hall–Kier alpha value is -2.26. The molecular formula is C16H14NO2. The van der Waals surface area contributed by atoms with Crippen LogP contribution in [0, 0.1) is 0 Å². The molecule has 0 saturated carbocycles. The molecule has 0 heterocycles. The van der Waals surface area contributed by atoms with Gasteiger partial charge in [0.05, 0.1) is 6.04 Å². The van der Waals surface area contributed by atoms with Gasteiger partial charge in [-0.15, -0.1) is 0 Å². The number of carbonyl (C=O) groups is 1. The van der Waals surface area contributed by atoms with Gasteiger partial charge in [-0.1, -0.05) is 54.6 Å². The first-order valence-corrected chi connectivity index (χ1v) is 6.02. The predicted octanol–water partition coefficient (Wildman–Crippen LogP) is 1.90. The normalized spacial score (nSPS) is 11.8. The maximum Gasteiger partial charge on any atom is 0.217 e. The molecule has 3 nitrogen and oxygen atoms in total. The van der Waals surface area contributed by atoms with Crippen molar-refractivity contribution in [2.75, 3.05) is 0 Å². The van der Waals surface area contributed by atoms with E-state index in [2.05, 4.69) is 0 Å². The van der Waals surface area contributed by atoms with Crippen LogP contribution in [0.15, 0.2) is 54.6 Å². The van der Waals surface area contributed by atoms with Gasteiger partial charge in [-0.2, -0.15) is 0 Å². The van der Waals surface area contributed by atoms with E-state index in [1.165, 1.54) is 0 Å². The van der Waals surface area contributed by atoms with Gasteiger partial charge in [-0.25, -0.2) is 0 Å². The molecule has 0 fully saturated rings. The van der Waals surface area contributed by atoms with Crippen LogP contribution in [0.1, 0.15) is 21.5 Å². The Bertz CT molecular complexity index is 561. The Morgan fingerprint density at radius 1 is 1.00 bits per heavy atom. The molecule has 2 rings (SSSR count). The van der Waals surface area contributed by atoms with E-state index in [-0.39, 0.29) is 5.78 Å². The average molecular weight is 252 g/mol. The summed E-state index contributed by atoms with van der Waals surface area (Å²) in [6, 6.07) is 15.6. The lowest BCUT2D eigenvalue weighted by atomic mass is 10.00. The van der Waals surface area contributed by atoms with Crippen LogP contribution in [-0.2, 0) is 11.2 Å². The molecule has 2 aromatic carbocycles. The van der Waals surface area contributed by atoms with E-state index in [4.69, 9.17) is 5.73 Å². The number of carbonyl (C=O) groups excluding carboxylic acids is 2. The van der Waals surface area contributed by atoms with Gasteiger partial charge in [0.25, 0.3) is 0 Å². The minimum Gasteiger partial charge on any atom is -0.321 e. The van der Waals surface area contributed by atoms with Crippen molar-refractivity contribution < 1.29 is 9.59 Å². The van der Waals surface area contributed by atoms with Gasteiger partial charge in [-0.05, 0) is 12.0 Å². The van der Waals surface area contributed by atoms with Crippen molar-refractivity contribution in [2.45, 2.75) is 12.5 Å². The number of hydrogen-bond acceptors (Lipinski definition) is 3. The summed E-state index contributed by atoms with van der Waals surface area (Å²) in [4.78, 5) is 22.5. The lowest BCUT2D eigenvalue weighted by Crippen LogP contribution is -2.23. The molecule has 3 heteroatoms. The Morgan fingerprint density at radius 3 is 2.16 bits per heavy atom. The molecule has 95 valence electrons. The van der Waals surface area contributed by atoms with E-state index in [1.807, 2.05) is 30.3 Å². The summed E-state index contributed by atoms with van der Waals surface area (Å²) in [6.07, 6.45) is 2.17. The van der Waals surface area contributed by atoms with E-state index >= 15 is 0 Å². The van der Waals surface area contributed by atoms with Crippen LogP contribution < -0.4 is 5.73 Å². The molecule has 0 saturated heterocycles. The average Bonchev–Trinajstić information content (AvgIpc) is 2.48. The standard InChI is InChI=1S/C16H14NO2/c17-15(11-18)10-12-6-8-14(9-7-12)16(19)13-4-2-1-3-5-13/h1-9,15H,10,17H2/t15-/m0/s1. The second-order valence-corrected chi connectivity index (χ2v) is 4.32. The van der Waals surface area contributed by atoms with E-state index < -0.39 is 6.04 Å². The fourth-order valence-corrected chi connectivity index (χ4v) is 1.84. The summed E-state index contributed by atoms with van der Waals surface area (Å²) < 4.78 is 0. The molecular weight excluding hydrogens is 238 g/mol. The molecule has 0 bridgehead atoms. The first kappa shape index (κ1) is 13.2. The number of hydrogen-bond donors (Lipinski definition) is 1. The summed E-state index contributed by atoms with van der Waals surface area (Å²) in [5.41, 5.74) is 7.70. The smallest absolute Gasteiger partial charge is 0.217 e. The number of benzene rings is 2. The molecule has 1 radical (unpaired) electrons. The molecule has 2 aromatic rings. The zero-order valence-electron chi connectivity index (χ0n) is 10.4. The third-order valence-electron chi connectivity index (χ3n) is 2.86. The maximum atomic E-state index is 12.1. The quantitative estimate of drug-likeness (QED) is 0.827. The van der Waals surface area contributed by atoms with Gasteiger partial charge in [-0.3, -0.25) is 9.59 Å². The Balaban J connectivity index is 2.14. The third kappa shape index (κ3) is 3.36.